The van der Waals surface area contributed by atoms with Gasteiger partial charge in [-0.05, 0) is 19.1 Å². The van der Waals surface area contributed by atoms with Crippen molar-refractivity contribution in [2.24, 2.45) is 7.05 Å². The highest BCUT2D eigenvalue weighted by Gasteiger charge is 2.06. The van der Waals surface area contributed by atoms with Crippen molar-refractivity contribution in [3.63, 3.8) is 0 Å². The quantitative estimate of drug-likeness (QED) is 0.875. The van der Waals surface area contributed by atoms with Gasteiger partial charge in [0.25, 0.3) is 0 Å². The van der Waals surface area contributed by atoms with Crippen LogP contribution in [0.1, 0.15) is 11.6 Å². The molecule has 0 aliphatic rings. The topological polar surface area (TPSA) is 39.9 Å². The van der Waals surface area contributed by atoms with E-state index < -0.39 is 0 Å². The van der Waals surface area contributed by atoms with Gasteiger partial charge in [-0.2, -0.15) is 0 Å². The van der Waals surface area contributed by atoms with Crippen molar-refractivity contribution in [3.05, 3.63) is 40.1 Å². The Morgan fingerprint density at radius 3 is 2.71 bits per heavy atom. The van der Waals surface area contributed by atoms with Crippen LogP contribution < -0.4 is 4.74 Å². The summed E-state index contributed by atoms with van der Waals surface area (Å²) in [6.07, 6.45) is 0. The molecule has 1 aromatic heterocycles. The summed E-state index contributed by atoms with van der Waals surface area (Å²) in [5, 5.41) is 7.87. The van der Waals surface area contributed by atoms with Crippen molar-refractivity contribution < 1.29 is 9.13 Å². The van der Waals surface area contributed by atoms with Crippen LogP contribution in [0.25, 0.3) is 0 Å². The van der Waals surface area contributed by atoms with E-state index in [1.165, 1.54) is 12.1 Å². The Morgan fingerprint density at radius 1 is 1.35 bits per heavy atom. The van der Waals surface area contributed by atoms with Crippen LogP contribution in [0.3, 0.4) is 0 Å². The lowest BCUT2D eigenvalue weighted by Gasteiger charge is -2.06. The Kier molecular flexibility index (Phi) is 3.42. The van der Waals surface area contributed by atoms with Gasteiger partial charge in [0.1, 0.15) is 24.0 Å². The molecule has 0 saturated carbocycles. The molecule has 0 saturated heterocycles. The number of halogens is 2. The predicted molar refractivity (Wildman–Crippen MR) is 64.2 cm³/mol. The van der Waals surface area contributed by atoms with Crippen molar-refractivity contribution in [1.82, 2.24) is 14.8 Å². The number of aromatic nitrogens is 3. The van der Waals surface area contributed by atoms with Gasteiger partial charge in [-0.3, -0.25) is 0 Å². The summed E-state index contributed by atoms with van der Waals surface area (Å²) in [5.41, 5.74) is 0. The maximum Gasteiger partial charge on any atom is 0.170 e. The first-order valence-corrected chi connectivity index (χ1v) is 5.79. The van der Waals surface area contributed by atoms with Crippen molar-refractivity contribution in [1.29, 1.82) is 0 Å². The zero-order chi connectivity index (χ0) is 12.4. The Balaban J connectivity index is 2.09. The molecule has 0 spiro atoms. The van der Waals surface area contributed by atoms with E-state index in [0.717, 1.165) is 5.82 Å². The minimum atomic E-state index is -0.344. The van der Waals surface area contributed by atoms with E-state index in [1.54, 1.807) is 6.07 Å². The molecule has 0 bridgehead atoms. The number of hydrogen-bond acceptors (Lipinski definition) is 3. The number of ether oxygens (including phenoxy) is 1. The van der Waals surface area contributed by atoms with E-state index in [1.807, 2.05) is 18.5 Å². The largest absolute Gasteiger partial charge is 0.485 e. The van der Waals surface area contributed by atoms with Crippen molar-refractivity contribution in [2.75, 3.05) is 0 Å². The maximum absolute atomic E-state index is 13.1. The van der Waals surface area contributed by atoms with Crippen molar-refractivity contribution in [3.8, 4) is 5.75 Å². The van der Waals surface area contributed by atoms with E-state index in [-0.39, 0.29) is 12.4 Å². The first-order valence-electron chi connectivity index (χ1n) is 5.00. The molecule has 17 heavy (non-hydrogen) atoms. The molecular formula is C11H11BrFN3O. The van der Waals surface area contributed by atoms with Gasteiger partial charge in [0.05, 0.1) is 0 Å². The van der Waals surface area contributed by atoms with Gasteiger partial charge in [0.2, 0.25) is 0 Å². The standard InChI is InChI=1S/C11H11BrFN3O/c1-7-14-15-11(16(7)2)6-17-10-4-8(12)3-9(13)5-10/h3-5H,6H2,1-2H3. The third-order valence-corrected chi connectivity index (χ3v) is 2.84. The van der Waals surface area contributed by atoms with Crippen molar-refractivity contribution in [2.45, 2.75) is 13.5 Å². The molecule has 2 rings (SSSR count). The molecule has 0 atom stereocenters. The van der Waals surface area contributed by atoms with Gasteiger partial charge in [0.15, 0.2) is 5.82 Å². The van der Waals surface area contributed by atoms with Crippen LogP contribution >= 0.6 is 15.9 Å². The lowest BCUT2D eigenvalue weighted by atomic mass is 10.3. The van der Waals surface area contributed by atoms with Gasteiger partial charge in [-0.15, -0.1) is 10.2 Å². The molecule has 0 unspecified atom stereocenters. The summed E-state index contributed by atoms with van der Waals surface area (Å²) in [7, 11) is 1.86. The maximum atomic E-state index is 13.1. The van der Waals surface area contributed by atoms with E-state index in [2.05, 4.69) is 26.1 Å². The van der Waals surface area contributed by atoms with Crippen molar-refractivity contribution >= 4 is 15.9 Å². The zero-order valence-corrected chi connectivity index (χ0v) is 11.0. The van der Waals surface area contributed by atoms with Gasteiger partial charge < -0.3 is 9.30 Å². The van der Waals surface area contributed by atoms with Gasteiger partial charge >= 0.3 is 0 Å². The number of hydrogen-bond donors (Lipinski definition) is 0. The second kappa shape index (κ2) is 4.83. The minimum absolute atomic E-state index is 0.257. The summed E-state index contributed by atoms with van der Waals surface area (Å²) in [6.45, 7) is 2.11. The fourth-order valence-corrected chi connectivity index (χ4v) is 1.78. The summed E-state index contributed by atoms with van der Waals surface area (Å²) in [4.78, 5) is 0. The number of rotatable bonds is 3. The molecule has 1 heterocycles. The van der Waals surface area contributed by atoms with E-state index >= 15 is 0 Å². The summed E-state index contributed by atoms with van der Waals surface area (Å²) in [5.74, 6) is 1.62. The monoisotopic (exact) mass is 299 g/mol. The first kappa shape index (κ1) is 12.0. The summed E-state index contributed by atoms with van der Waals surface area (Å²) in [6, 6.07) is 4.40. The van der Waals surface area contributed by atoms with Crippen LogP contribution in [-0.2, 0) is 13.7 Å². The first-order chi connectivity index (χ1) is 8.06. The highest BCUT2D eigenvalue weighted by Crippen LogP contribution is 2.21. The zero-order valence-electron chi connectivity index (χ0n) is 9.44. The molecule has 90 valence electrons. The fraction of sp³-hybridized carbons (Fsp3) is 0.273. The molecule has 6 heteroatoms. The van der Waals surface area contributed by atoms with E-state index in [0.29, 0.717) is 16.0 Å². The molecule has 0 radical (unpaired) electrons. The SMILES string of the molecule is Cc1nnc(COc2cc(F)cc(Br)c2)n1C. The molecule has 0 N–H and O–H groups in total. The Labute approximate surface area is 107 Å². The van der Waals surface area contributed by atoms with Crippen LogP contribution in [0.15, 0.2) is 22.7 Å². The highest BCUT2D eigenvalue weighted by atomic mass is 79.9. The Morgan fingerprint density at radius 2 is 2.12 bits per heavy atom. The molecular weight excluding hydrogens is 289 g/mol. The fourth-order valence-electron chi connectivity index (χ4n) is 1.34. The smallest absolute Gasteiger partial charge is 0.170 e. The molecule has 0 aliphatic carbocycles. The van der Waals surface area contributed by atoms with Gasteiger partial charge in [-0.1, -0.05) is 15.9 Å². The van der Waals surface area contributed by atoms with E-state index in [9.17, 15) is 4.39 Å². The third-order valence-electron chi connectivity index (χ3n) is 2.39. The molecule has 0 aliphatic heterocycles. The molecule has 0 amide bonds. The average Bonchev–Trinajstić information content (AvgIpc) is 2.56. The Hall–Kier alpha value is -1.43. The van der Waals surface area contributed by atoms with Gasteiger partial charge in [-0.25, -0.2) is 4.39 Å². The normalized spacial score (nSPS) is 10.6. The van der Waals surface area contributed by atoms with E-state index in [4.69, 9.17) is 4.74 Å². The molecule has 4 nitrogen and oxygen atoms in total. The summed E-state index contributed by atoms with van der Waals surface area (Å²) >= 11 is 3.20. The highest BCUT2D eigenvalue weighted by molar-refractivity contribution is 9.10. The molecule has 1 aromatic carbocycles. The average molecular weight is 300 g/mol. The molecule has 2 aromatic rings. The number of aryl methyl sites for hydroxylation is 1. The second-order valence-corrected chi connectivity index (χ2v) is 4.53. The van der Waals surface area contributed by atoms with Crippen LogP contribution in [-0.4, -0.2) is 14.8 Å². The summed E-state index contributed by atoms with van der Waals surface area (Å²) < 4.78 is 21.0. The van der Waals surface area contributed by atoms with Crippen LogP contribution in [0.2, 0.25) is 0 Å². The lowest BCUT2D eigenvalue weighted by Crippen LogP contribution is -2.04. The number of benzene rings is 1. The minimum Gasteiger partial charge on any atom is -0.485 e. The number of nitrogens with zero attached hydrogens (tertiary/aromatic N) is 3. The lowest BCUT2D eigenvalue weighted by molar-refractivity contribution is 0.289. The Bertz CT molecular complexity index is 521. The second-order valence-electron chi connectivity index (χ2n) is 3.62. The molecule has 0 fully saturated rings. The third kappa shape index (κ3) is 2.82. The van der Waals surface area contributed by atoms with Gasteiger partial charge in [0, 0.05) is 17.6 Å². The van der Waals surface area contributed by atoms with Crippen LogP contribution in [0.5, 0.6) is 5.75 Å². The van der Waals surface area contributed by atoms with Crippen LogP contribution in [0.4, 0.5) is 4.39 Å². The van der Waals surface area contributed by atoms with Crippen LogP contribution in [0, 0.1) is 12.7 Å². The predicted octanol–water partition coefficient (Wildman–Crippen LogP) is 2.60.